The number of hydrogen-bond acceptors (Lipinski definition) is 11. The van der Waals surface area contributed by atoms with Gasteiger partial charge in [0.2, 0.25) is 11.6 Å². The topological polar surface area (TPSA) is 159 Å². The largest absolute Gasteiger partial charge is 0.497 e. The van der Waals surface area contributed by atoms with Crippen molar-refractivity contribution in [1.29, 1.82) is 0 Å². The van der Waals surface area contributed by atoms with E-state index in [1.54, 1.807) is 25.3 Å². The SMILES string of the molecule is CCN(CC)Cc1c(C(=O)N/N=C\c2ccc(OC)cc2OC)nnn1-c1nonc1N. The molecule has 3 aromatic rings. The highest BCUT2D eigenvalue weighted by Crippen LogP contribution is 2.23. The third-order valence-corrected chi connectivity index (χ3v) is 4.75. The molecule has 0 bridgehead atoms. The first-order valence-corrected chi connectivity index (χ1v) is 9.83. The Morgan fingerprint density at radius 1 is 1.28 bits per heavy atom. The van der Waals surface area contributed by atoms with Crippen LogP contribution in [0.4, 0.5) is 5.82 Å². The van der Waals surface area contributed by atoms with Crippen molar-refractivity contribution < 1.29 is 18.9 Å². The van der Waals surface area contributed by atoms with Crippen molar-refractivity contribution >= 4 is 17.9 Å². The summed E-state index contributed by atoms with van der Waals surface area (Å²) in [4.78, 5) is 14.9. The summed E-state index contributed by atoms with van der Waals surface area (Å²) in [5, 5.41) is 19.4. The van der Waals surface area contributed by atoms with Gasteiger partial charge in [-0.1, -0.05) is 19.1 Å². The van der Waals surface area contributed by atoms with Crippen LogP contribution in [0.15, 0.2) is 27.9 Å². The maximum atomic E-state index is 12.8. The predicted molar refractivity (Wildman–Crippen MR) is 115 cm³/mol. The molecule has 1 amide bonds. The first-order chi connectivity index (χ1) is 15.5. The maximum absolute atomic E-state index is 12.8. The number of aromatic nitrogens is 5. The van der Waals surface area contributed by atoms with Crippen LogP contribution in [0.25, 0.3) is 5.82 Å². The number of nitrogens with two attached hydrogens (primary N) is 1. The average Bonchev–Trinajstić information content (AvgIpc) is 3.42. The van der Waals surface area contributed by atoms with Crippen molar-refractivity contribution in [1.82, 2.24) is 35.6 Å². The second-order valence-corrected chi connectivity index (χ2v) is 6.54. The van der Waals surface area contributed by atoms with Gasteiger partial charge in [-0.3, -0.25) is 9.69 Å². The number of anilines is 1. The van der Waals surface area contributed by atoms with Gasteiger partial charge in [0.1, 0.15) is 11.5 Å². The summed E-state index contributed by atoms with van der Waals surface area (Å²) in [6, 6.07) is 5.24. The number of nitrogen functional groups attached to an aromatic ring is 1. The number of nitrogens with one attached hydrogen (secondary N) is 1. The Kier molecular flexibility index (Phi) is 7.33. The number of carbonyl (C=O) groups is 1. The van der Waals surface area contributed by atoms with Crippen LogP contribution < -0.4 is 20.6 Å². The normalized spacial score (nSPS) is 11.3. The van der Waals surface area contributed by atoms with Gasteiger partial charge in [0.05, 0.1) is 26.1 Å². The number of hydrazone groups is 1. The zero-order chi connectivity index (χ0) is 23.1. The lowest BCUT2D eigenvalue weighted by Gasteiger charge is -2.18. The van der Waals surface area contributed by atoms with Gasteiger partial charge < -0.3 is 15.2 Å². The van der Waals surface area contributed by atoms with Gasteiger partial charge in [0.25, 0.3) is 5.91 Å². The Morgan fingerprint density at radius 3 is 2.69 bits per heavy atom. The van der Waals surface area contributed by atoms with Crippen LogP contribution in [0.5, 0.6) is 11.5 Å². The smallest absolute Gasteiger partial charge is 0.293 e. The van der Waals surface area contributed by atoms with Crippen LogP contribution in [0.1, 0.15) is 35.6 Å². The van der Waals surface area contributed by atoms with E-state index in [0.717, 1.165) is 13.1 Å². The third kappa shape index (κ3) is 4.83. The summed E-state index contributed by atoms with van der Waals surface area (Å²) in [6.07, 6.45) is 1.46. The number of ether oxygens (including phenoxy) is 2. The first-order valence-electron chi connectivity index (χ1n) is 9.83. The van der Waals surface area contributed by atoms with Gasteiger partial charge in [-0.15, -0.1) is 5.10 Å². The van der Waals surface area contributed by atoms with Crippen LogP contribution in [0.3, 0.4) is 0 Å². The molecular weight excluding hydrogens is 418 g/mol. The molecule has 0 atom stereocenters. The molecule has 1 aromatic carbocycles. The fourth-order valence-electron chi connectivity index (χ4n) is 2.93. The van der Waals surface area contributed by atoms with Crippen LogP contribution in [-0.4, -0.2) is 69.6 Å². The Bertz CT molecular complexity index is 1090. The average molecular weight is 443 g/mol. The molecule has 0 unspecified atom stereocenters. The van der Waals surface area contributed by atoms with Gasteiger partial charge in [0.15, 0.2) is 5.69 Å². The predicted octanol–water partition coefficient (Wildman–Crippen LogP) is 0.855. The van der Waals surface area contributed by atoms with Gasteiger partial charge >= 0.3 is 0 Å². The van der Waals surface area contributed by atoms with Crippen molar-refractivity contribution in [3.63, 3.8) is 0 Å². The van der Waals surface area contributed by atoms with E-state index in [2.05, 4.69) is 40.7 Å². The number of rotatable bonds is 10. The lowest BCUT2D eigenvalue weighted by Crippen LogP contribution is -2.27. The van der Waals surface area contributed by atoms with E-state index < -0.39 is 5.91 Å². The van der Waals surface area contributed by atoms with Gasteiger partial charge in [0, 0.05) is 18.2 Å². The number of hydrogen-bond donors (Lipinski definition) is 2. The minimum atomic E-state index is -0.544. The molecular formula is C19H25N9O4. The molecule has 0 radical (unpaired) electrons. The number of amides is 1. The molecule has 170 valence electrons. The molecule has 0 fully saturated rings. The summed E-state index contributed by atoms with van der Waals surface area (Å²) >= 11 is 0. The molecule has 0 aliphatic heterocycles. The van der Waals surface area contributed by atoms with E-state index in [1.807, 2.05) is 13.8 Å². The summed E-state index contributed by atoms with van der Waals surface area (Å²) < 4.78 is 16.5. The molecule has 3 rings (SSSR count). The second-order valence-electron chi connectivity index (χ2n) is 6.54. The summed E-state index contributed by atoms with van der Waals surface area (Å²) in [6.45, 7) is 5.91. The van der Waals surface area contributed by atoms with Crippen LogP contribution in [0.2, 0.25) is 0 Å². The van der Waals surface area contributed by atoms with Crippen molar-refractivity contribution in [2.75, 3.05) is 33.0 Å². The van der Waals surface area contributed by atoms with E-state index in [0.29, 0.717) is 29.3 Å². The van der Waals surface area contributed by atoms with Gasteiger partial charge in [-0.2, -0.15) is 9.78 Å². The Balaban J connectivity index is 1.85. The van der Waals surface area contributed by atoms with E-state index >= 15 is 0 Å². The van der Waals surface area contributed by atoms with Crippen molar-refractivity contribution in [2.24, 2.45) is 5.10 Å². The van der Waals surface area contributed by atoms with Crippen LogP contribution in [-0.2, 0) is 6.54 Å². The summed E-state index contributed by atoms with van der Waals surface area (Å²) in [5.74, 6) is 0.835. The van der Waals surface area contributed by atoms with Gasteiger partial charge in [-0.05, 0) is 35.5 Å². The maximum Gasteiger partial charge on any atom is 0.293 e. The Hall–Kier alpha value is -4.00. The highest BCUT2D eigenvalue weighted by molar-refractivity contribution is 5.94. The molecule has 0 aliphatic rings. The molecule has 32 heavy (non-hydrogen) atoms. The van der Waals surface area contributed by atoms with Crippen LogP contribution in [0, 0.1) is 0 Å². The lowest BCUT2D eigenvalue weighted by molar-refractivity contribution is 0.0948. The van der Waals surface area contributed by atoms with Crippen molar-refractivity contribution in [3.8, 4) is 17.3 Å². The van der Waals surface area contributed by atoms with Crippen LogP contribution >= 0.6 is 0 Å². The number of benzene rings is 1. The summed E-state index contributed by atoms with van der Waals surface area (Å²) in [7, 11) is 3.10. The lowest BCUT2D eigenvalue weighted by atomic mass is 10.2. The monoisotopic (exact) mass is 443 g/mol. The second kappa shape index (κ2) is 10.3. The van der Waals surface area contributed by atoms with E-state index in [4.69, 9.17) is 15.2 Å². The molecule has 13 nitrogen and oxygen atoms in total. The Morgan fingerprint density at radius 2 is 2.06 bits per heavy atom. The van der Waals surface area contributed by atoms with Crippen molar-refractivity contribution in [3.05, 3.63) is 35.2 Å². The molecule has 0 saturated carbocycles. The van der Waals surface area contributed by atoms with E-state index in [-0.39, 0.29) is 17.3 Å². The quantitative estimate of drug-likeness (QED) is 0.340. The number of methoxy groups -OCH3 is 2. The molecule has 2 heterocycles. The molecule has 2 aromatic heterocycles. The fraction of sp³-hybridized carbons (Fsp3) is 0.368. The van der Waals surface area contributed by atoms with E-state index in [1.165, 1.54) is 18.0 Å². The van der Waals surface area contributed by atoms with Crippen molar-refractivity contribution in [2.45, 2.75) is 20.4 Å². The minimum Gasteiger partial charge on any atom is -0.497 e. The molecule has 0 aliphatic carbocycles. The summed E-state index contributed by atoms with van der Waals surface area (Å²) in [5.41, 5.74) is 9.48. The van der Waals surface area contributed by atoms with Gasteiger partial charge in [-0.25, -0.2) is 10.1 Å². The zero-order valence-corrected chi connectivity index (χ0v) is 18.3. The fourth-order valence-corrected chi connectivity index (χ4v) is 2.93. The van der Waals surface area contributed by atoms with E-state index in [9.17, 15) is 4.79 Å². The standard InChI is InChI=1S/C19H25N9O4/c1-5-27(6-2)11-14-16(22-26-28(14)18-17(20)24-32-25-18)19(29)23-21-10-12-7-8-13(30-3)9-15(12)31-4/h7-10H,5-6,11H2,1-4H3,(H2,20,24)(H,23,29)/b21-10-. The third-order valence-electron chi connectivity index (χ3n) is 4.75. The highest BCUT2D eigenvalue weighted by Gasteiger charge is 2.25. The highest BCUT2D eigenvalue weighted by atomic mass is 16.6. The zero-order valence-electron chi connectivity index (χ0n) is 18.3. The first kappa shape index (κ1) is 22.7. The number of nitrogens with zero attached hydrogens (tertiary/aromatic N) is 7. The Labute approximate surface area is 184 Å². The molecule has 13 heteroatoms. The molecule has 3 N–H and O–H groups in total. The molecule has 0 spiro atoms. The molecule has 0 saturated heterocycles. The number of carbonyl (C=O) groups excluding carboxylic acids is 1. The minimum absolute atomic E-state index is 0.0345.